The van der Waals surface area contributed by atoms with E-state index >= 15 is 0 Å². The van der Waals surface area contributed by atoms with Gasteiger partial charge < -0.3 is 24.8 Å². The zero-order valence-corrected chi connectivity index (χ0v) is 26.2. The minimum absolute atomic E-state index is 0.201. The Kier molecular flexibility index (Phi) is 10.3. The molecule has 2 saturated carbocycles. The summed E-state index contributed by atoms with van der Waals surface area (Å²) in [5.41, 5.74) is -1.03. The van der Waals surface area contributed by atoms with E-state index in [-0.39, 0.29) is 24.9 Å². The highest BCUT2D eigenvalue weighted by molar-refractivity contribution is 5.85. The van der Waals surface area contributed by atoms with Crippen LogP contribution in [0.1, 0.15) is 98.0 Å². The second kappa shape index (κ2) is 13.2. The zero-order chi connectivity index (χ0) is 30.7. The molecule has 2 aliphatic carbocycles. The van der Waals surface area contributed by atoms with Crippen LogP contribution >= 0.6 is 0 Å². The number of carbonyl (C=O) groups is 2. The molecule has 7 nitrogen and oxygen atoms in total. The highest BCUT2D eigenvalue weighted by Gasteiger charge is 2.72. The zero-order valence-electron chi connectivity index (χ0n) is 26.2. The predicted octanol–water partition coefficient (Wildman–Crippen LogP) is 5.54. The number of aryl methyl sites for hydroxylation is 1. The number of ether oxygens (including phenoxy) is 2. The van der Waals surface area contributed by atoms with Crippen molar-refractivity contribution in [2.75, 3.05) is 6.61 Å². The van der Waals surface area contributed by atoms with E-state index in [0.29, 0.717) is 38.0 Å². The minimum atomic E-state index is -1.45. The maximum atomic E-state index is 12.9. The summed E-state index contributed by atoms with van der Waals surface area (Å²) in [6, 6.07) is 10.4. The Morgan fingerprint density at radius 2 is 1.86 bits per heavy atom. The summed E-state index contributed by atoms with van der Waals surface area (Å²) < 4.78 is 11.1. The van der Waals surface area contributed by atoms with Crippen LogP contribution in [0.15, 0.2) is 42.0 Å². The quantitative estimate of drug-likeness (QED) is 0.277. The SMILES string of the molecule is CC(=O)OC1CC(C)C(O)(CCC2=CC(=O)OC2)C2(C(O)CCC(C)CCCc3ccccc3)C(O)CCC(C)(C)C12. The van der Waals surface area contributed by atoms with Gasteiger partial charge in [-0.25, -0.2) is 4.79 Å². The van der Waals surface area contributed by atoms with Crippen molar-refractivity contribution in [2.45, 2.75) is 123 Å². The first kappa shape index (κ1) is 32.7. The highest BCUT2D eigenvalue weighted by Crippen LogP contribution is 2.66. The number of benzene rings is 1. The summed E-state index contributed by atoms with van der Waals surface area (Å²) in [4.78, 5) is 24.1. The Bertz CT molecular complexity index is 1110. The smallest absolute Gasteiger partial charge is 0.331 e. The number of rotatable bonds is 12. The largest absolute Gasteiger partial charge is 0.462 e. The van der Waals surface area contributed by atoms with Crippen molar-refractivity contribution in [2.24, 2.45) is 28.6 Å². The molecule has 0 aromatic heterocycles. The van der Waals surface area contributed by atoms with Crippen molar-refractivity contribution in [3.05, 3.63) is 47.5 Å². The van der Waals surface area contributed by atoms with Gasteiger partial charge in [0.25, 0.3) is 0 Å². The fourth-order valence-corrected chi connectivity index (χ4v) is 8.78. The third-order valence-electron chi connectivity index (χ3n) is 10.8. The number of aliphatic hydroxyl groups excluding tert-OH is 2. The van der Waals surface area contributed by atoms with Crippen LogP contribution < -0.4 is 0 Å². The molecule has 1 aromatic rings. The molecule has 1 aliphatic heterocycles. The van der Waals surface area contributed by atoms with Gasteiger partial charge in [-0.15, -0.1) is 0 Å². The van der Waals surface area contributed by atoms with Gasteiger partial charge in [-0.2, -0.15) is 0 Å². The van der Waals surface area contributed by atoms with Crippen molar-refractivity contribution < 1.29 is 34.4 Å². The first-order chi connectivity index (χ1) is 19.8. The van der Waals surface area contributed by atoms with Gasteiger partial charge in [-0.3, -0.25) is 4.79 Å². The summed E-state index contributed by atoms with van der Waals surface area (Å²) in [5.74, 6) is -1.22. The third kappa shape index (κ3) is 6.48. The van der Waals surface area contributed by atoms with Crippen LogP contribution in [0.2, 0.25) is 0 Å². The van der Waals surface area contributed by atoms with Crippen molar-refractivity contribution in [3.8, 4) is 0 Å². The van der Waals surface area contributed by atoms with E-state index in [1.54, 1.807) is 0 Å². The molecule has 8 atom stereocenters. The summed E-state index contributed by atoms with van der Waals surface area (Å²) in [6.07, 6.45) is 5.52. The third-order valence-corrected chi connectivity index (χ3v) is 10.8. The Balaban J connectivity index is 1.63. The van der Waals surface area contributed by atoms with E-state index in [4.69, 9.17) is 9.47 Å². The molecule has 0 radical (unpaired) electrons. The summed E-state index contributed by atoms with van der Waals surface area (Å²) in [5, 5.41) is 37.1. The van der Waals surface area contributed by atoms with Crippen LogP contribution in [0.3, 0.4) is 0 Å². The number of hydrogen-bond acceptors (Lipinski definition) is 7. The first-order valence-corrected chi connectivity index (χ1v) is 16.0. The number of fused-ring (bicyclic) bond motifs is 1. The number of hydrogen-bond donors (Lipinski definition) is 3. The van der Waals surface area contributed by atoms with Gasteiger partial charge in [0, 0.05) is 18.9 Å². The number of aliphatic hydroxyl groups is 3. The molecule has 42 heavy (non-hydrogen) atoms. The number of carbonyl (C=O) groups excluding carboxylic acids is 2. The monoisotopic (exact) mass is 584 g/mol. The minimum Gasteiger partial charge on any atom is -0.462 e. The van der Waals surface area contributed by atoms with Crippen molar-refractivity contribution >= 4 is 11.9 Å². The van der Waals surface area contributed by atoms with E-state index in [9.17, 15) is 24.9 Å². The van der Waals surface area contributed by atoms with Crippen LogP contribution in [-0.2, 0) is 25.5 Å². The van der Waals surface area contributed by atoms with Gasteiger partial charge in [-0.1, -0.05) is 64.4 Å². The fraction of sp³-hybridized carbons (Fsp3) is 0.714. The molecule has 234 valence electrons. The predicted molar refractivity (Wildman–Crippen MR) is 161 cm³/mol. The molecule has 0 spiro atoms. The van der Waals surface area contributed by atoms with Gasteiger partial charge in [-0.05, 0) is 86.2 Å². The lowest BCUT2D eigenvalue weighted by molar-refractivity contribution is -0.318. The lowest BCUT2D eigenvalue weighted by atomic mass is 9.39. The van der Waals surface area contributed by atoms with Crippen molar-refractivity contribution in [1.29, 1.82) is 0 Å². The van der Waals surface area contributed by atoms with Crippen LogP contribution in [0.4, 0.5) is 0 Å². The standard InChI is InChI=1S/C35H52O7/c1-23(10-9-13-26-11-7-6-8-12-26)14-15-29(37)35-30(38)17-18-33(4,5)32(35)28(42-25(3)36)20-24(2)34(35,40)19-16-27-21-31(39)41-22-27/h6-8,11-12,21,23-24,28-30,32,37-38,40H,9-10,13-20,22H2,1-5H3. The van der Waals surface area contributed by atoms with Gasteiger partial charge in [0.05, 0.1) is 23.2 Å². The molecule has 0 bridgehead atoms. The molecule has 4 rings (SSSR count). The van der Waals surface area contributed by atoms with Crippen molar-refractivity contribution in [3.63, 3.8) is 0 Å². The van der Waals surface area contributed by atoms with Crippen molar-refractivity contribution in [1.82, 2.24) is 0 Å². The van der Waals surface area contributed by atoms with Crippen LogP contribution in [0, 0.1) is 28.6 Å². The van der Waals surface area contributed by atoms with Gasteiger partial charge in [0.2, 0.25) is 0 Å². The maximum Gasteiger partial charge on any atom is 0.331 e. The molecule has 0 amide bonds. The van der Waals surface area contributed by atoms with Crippen LogP contribution in [0.5, 0.6) is 0 Å². The molecule has 7 heteroatoms. The molecule has 0 saturated heterocycles. The maximum absolute atomic E-state index is 12.9. The van der Waals surface area contributed by atoms with Gasteiger partial charge in [0.1, 0.15) is 12.7 Å². The first-order valence-electron chi connectivity index (χ1n) is 16.0. The highest BCUT2D eigenvalue weighted by atomic mass is 16.5. The Morgan fingerprint density at radius 1 is 1.14 bits per heavy atom. The van der Waals surface area contributed by atoms with E-state index in [1.807, 2.05) is 13.0 Å². The normalized spacial score (nSPS) is 33.7. The van der Waals surface area contributed by atoms with Gasteiger partial charge in [0.15, 0.2) is 0 Å². The molecule has 2 fully saturated rings. The summed E-state index contributed by atoms with van der Waals surface area (Å²) >= 11 is 0. The molecule has 3 aliphatic rings. The van der Waals surface area contributed by atoms with E-state index < -0.39 is 46.6 Å². The number of cyclic esters (lactones) is 1. The molecular formula is C35H52O7. The molecular weight excluding hydrogens is 532 g/mol. The average molecular weight is 585 g/mol. The summed E-state index contributed by atoms with van der Waals surface area (Å²) in [7, 11) is 0. The van der Waals surface area contributed by atoms with Crippen LogP contribution in [0.25, 0.3) is 0 Å². The topological polar surface area (TPSA) is 113 Å². The Morgan fingerprint density at radius 3 is 2.50 bits per heavy atom. The lowest BCUT2D eigenvalue weighted by Crippen LogP contribution is -2.76. The Labute approximate surface area is 251 Å². The van der Waals surface area contributed by atoms with E-state index in [1.165, 1.54) is 18.6 Å². The van der Waals surface area contributed by atoms with E-state index in [2.05, 4.69) is 45.0 Å². The number of esters is 2. The second-order valence-corrected chi connectivity index (χ2v) is 14.1. The molecule has 1 heterocycles. The molecule has 1 aromatic carbocycles. The lowest BCUT2D eigenvalue weighted by Gasteiger charge is -2.68. The van der Waals surface area contributed by atoms with E-state index in [0.717, 1.165) is 31.3 Å². The average Bonchev–Trinajstić information content (AvgIpc) is 3.35. The molecule has 8 unspecified atom stereocenters. The second-order valence-electron chi connectivity index (χ2n) is 14.1. The fourth-order valence-electron chi connectivity index (χ4n) is 8.78. The Hall–Kier alpha value is -2.22. The molecule has 3 N–H and O–H groups in total. The summed E-state index contributed by atoms with van der Waals surface area (Å²) in [6.45, 7) is 9.96. The van der Waals surface area contributed by atoms with Gasteiger partial charge >= 0.3 is 11.9 Å². The van der Waals surface area contributed by atoms with Crippen LogP contribution in [-0.4, -0.2) is 57.8 Å².